The van der Waals surface area contributed by atoms with E-state index in [9.17, 15) is 8.42 Å². The molecule has 0 saturated heterocycles. The fraction of sp³-hybridized carbons (Fsp3) is 0.412. The Balaban J connectivity index is 1.90. The van der Waals surface area contributed by atoms with E-state index < -0.39 is 9.84 Å². The summed E-state index contributed by atoms with van der Waals surface area (Å²) < 4.78 is 30.5. The molecule has 0 unspecified atom stereocenters. The number of hydrogen-bond donors (Lipinski definition) is 1. The van der Waals surface area contributed by atoms with E-state index in [1.807, 2.05) is 18.2 Å². The molecule has 0 aliphatic carbocycles. The normalized spacial score (nSPS) is 17.9. The van der Waals surface area contributed by atoms with Crippen molar-refractivity contribution in [2.45, 2.75) is 26.0 Å². The van der Waals surface area contributed by atoms with E-state index in [0.29, 0.717) is 31.0 Å². The smallest absolute Gasteiger partial charge is 0.152 e. The molecule has 1 aromatic carbocycles. The second-order valence-corrected chi connectivity index (χ2v) is 8.95. The van der Waals surface area contributed by atoms with Crippen LogP contribution < -0.4 is 5.73 Å². The lowest BCUT2D eigenvalue weighted by atomic mass is 10.1. The zero-order valence-corrected chi connectivity index (χ0v) is 15.0. The molecule has 4 rings (SSSR count). The minimum atomic E-state index is -3.00. The Morgan fingerprint density at radius 3 is 2.92 bits per heavy atom. The maximum Gasteiger partial charge on any atom is 0.152 e. The van der Waals surface area contributed by atoms with Gasteiger partial charge in [0, 0.05) is 11.6 Å². The molecule has 1 aliphatic rings. The van der Waals surface area contributed by atoms with Crippen molar-refractivity contribution < 1.29 is 13.2 Å². The number of nitrogens with zero attached hydrogens (tertiary/aromatic N) is 3. The summed E-state index contributed by atoms with van der Waals surface area (Å²) in [6.07, 6.45) is 1.71. The highest BCUT2D eigenvalue weighted by Gasteiger charge is 2.24. The first kappa shape index (κ1) is 16.3. The summed E-state index contributed by atoms with van der Waals surface area (Å²) in [5, 5.41) is 0.972. The Bertz CT molecular complexity index is 1090. The molecular formula is C17H20N4O3S. The Kier molecular flexibility index (Phi) is 3.69. The van der Waals surface area contributed by atoms with Crippen LogP contribution >= 0.6 is 0 Å². The number of nitrogen functional groups attached to an aromatic ring is 1. The summed E-state index contributed by atoms with van der Waals surface area (Å²) in [6, 6.07) is 6.03. The van der Waals surface area contributed by atoms with Crippen molar-refractivity contribution in [1.29, 1.82) is 0 Å². The van der Waals surface area contributed by atoms with E-state index in [1.54, 1.807) is 0 Å². The van der Waals surface area contributed by atoms with E-state index in [0.717, 1.165) is 27.8 Å². The van der Waals surface area contributed by atoms with Gasteiger partial charge in [0.25, 0.3) is 0 Å². The van der Waals surface area contributed by atoms with Crippen LogP contribution in [0.1, 0.15) is 24.4 Å². The van der Waals surface area contributed by atoms with Gasteiger partial charge in [-0.2, -0.15) is 0 Å². The van der Waals surface area contributed by atoms with Gasteiger partial charge in [-0.1, -0.05) is 12.1 Å². The third kappa shape index (κ3) is 2.85. The highest BCUT2D eigenvalue weighted by atomic mass is 32.2. The Labute approximate surface area is 145 Å². The van der Waals surface area contributed by atoms with Gasteiger partial charge in [0.15, 0.2) is 5.82 Å². The third-order valence-corrected chi connectivity index (χ3v) is 5.52. The molecule has 7 nitrogen and oxygen atoms in total. The van der Waals surface area contributed by atoms with Crippen LogP contribution in [0.3, 0.4) is 0 Å². The number of aryl methyl sites for hydroxylation is 1. The topological polar surface area (TPSA) is 100 Å². The zero-order valence-electron chi connectivity index (χ0n) is 14.2. The lowest BCUT2D eigenvalue weighted by Gasteiger charge is -2.23. The van der Waals surface area contributed by atoms with Crippen LogP contribution in [0.4, 0.5) is 5.82 Å². The quantitative estimate of drug-likeness (QED) is 0.765. The molecule has 0 spiro atoms. The van der Waals surface area contributed by atoms with Crippen molar-refractivity contribution in [3.63, 3.8) is 0 Å². The van der Waals surface area contributed by atoms with Gasteiger partial charge in [-0.3, -0.25) is 0 Å². The van der Waals surface area contributed by atoms with Crippen LogP contribution in [0.5, 0.6) is 0 Å². The molecule has 0 saturated carbocycles. The summed E-state index contributed by atoms with van der Waals surface area (Å²) in [6.45, 7) is 3.19. The third-order valence-electron chi connectivity index (χ3n) is 4.58. The molecule has 2 aromatic heterocycles. The van der Waals surface area contributed by atoms with Crippen LogP contribution in [-0.2, 0) is 27.6 Å². The number of sulfone groups is 1. The van der Waals surface area contributed by atoms with E-state index in [1.165, 1.54) is 6.26 Å². The summed E-state index contributed by atoms with van der Waals surface area (Å²) in [5.74, 6) is 1.36. The number of ether oxygens (including phenoxy) is 1. The molecule has 1 aliphatic heterocycles. The van der Waals surface area contributed by atoms with Crippen molar-refractivity contribution in [3.8, 4) is 0 Å². The first-order chi connectivity index (χ1) is 11.8. The molecular weight excluding hydrogens is 340 g/mol. The number of anilines is 1. The zero-order chi connectivity index (χ0) is 17.8. The Morgan fingerprint density at radius 2 is 2.16 bits per heavy atom. The van der Waals surface area contributed by atoms with Crippen LogP contribution in [0.2, 0.25) is 0 Å². The van der Waals surface area contributed by atoms with E-state index >= 15 is 0 Å². The average Bonchev–Trinajstić information content (AvgIpc) is 2.94. The Hall–Kier alpha value is -2.19. The molecule has 0 bridgehead atoms. The molecule has 1 atom stereocenters. The molecule has 2 N–H and O–H groups in total. The highest BCUT2D eigenvalue weighted by molar-refractivity contribution is 7.90. The van der Waals surface area contributed by atoms with Gasteiger partial charge in [0.05, 0.1) is 29.4 Å². The number of aromatic nitrogens is 3. The summed E-state index contributed by atoms with van der Waals surface area (Å²) in [5.41, 5.74) is 9.51. The predicted octanol–water partition coefficient (Wildman–Crippen LogP) is 1.85. The number of benzene rings is 1. The van der Waals surface area contributed by atoms with Crippen LogP contribution in [0, 0.1) is 0 Å². The average molecular weight is 360 g/mol. The summed E-state index contributed by atoms with van der Waals surface area (Å²) >= 11 is 0. The van der Waals surface area contributed by atoms with Gasteiger partial charge >= 0.3 is 0 Å². The first-order valence-corrected chi connectivity index (χ1v) is 10.2. The fourth-order valence-corrected chi connectivity index (χ4v) is 4.00. The van der Waals surface area contributed by atoms with Gasteiger partial charge in [0.2, 0.25) is 0 Å². The van der Waals surface area contributed by atoms with E-state index in [4.69, 9.17) is 10.5 Å². The molecule has 8 heteroatoms. The molecule has 25 heavy (non-hydrogen) atoms. The van der Waals surface area contributed by atoms with Gasteiger partial charge in [-0.15, -0.1) is 0 Å². The molecule has 3 heterocycles. The summed E-state index contributed by atoms with van der Waals surface area (Å²) in [7, 11) is -3.00. The number of hydrogen-bond acceptors (Lipinski definition) is 6. The molecule has 0 fully saturated rings. The van der Waals surface area contributed by atoms with Crippen molar-refractivity contribution in [2.24, 2.45) is 0 Å². The van der Waals surface area contributed by atoms with Crippen molar-refractivity contribution in [1.82, 2.24) is 14.5 Å². The van der Waals surface area contributed by atoms with E-state index in [-0.39, 0.29) is 11.8 Å². The van der Waals surface area contributed by atoms with Gasteiger partial charge < -0.3 is 15.0 Å². The maximum absolute atomic E-state index is 11.4. The highest BCUT2D eigenvalue weighted by Crippen LogP contribution is 2.33. The Morgan fingerprint density at radius 1 is 1.36 bits per heavy atom. The minimum absolute atomic E-state index is 0.118. The van der Waals surface area contributed by atoms with Crippen molar-refractivity contribution in [2.75, 3.05) is 24.3 Å². The number of rotatable bonds is 3. The fourth-order valence-electron chi connectivity index (χ4n) is 3.40. The number of fused-ring (bicyclic) bond motifs is 5. The predicted molar refractivity (Wildman–Crippen MR) is 97.2 cm³/mol. The maximum atomic E-state index is 11.4. The van der Waals surface area contributed by atoms with Crippen molar-refractivity contribution in [3.05, 3.63) is 29.6 Å². The second kappa shape index (κ2) is 5.67. The first-order valence-electron chi connectivity index (χ1n) is 8.18. The van der Waals surface area contributed by atoms with Crippen LogP contribution in [-0.4, -0.2) is 41.6 Å². The molecule has 132 valence electrons. The second-order valence-electron chi connectivity index (χ2n) is 6.69. The number of imidazole rings is 1. The van der Waals surface area contributed by atoms with Crippen LogP contribution in [0.15, 0.2) is 18.2 Å². The largest absolute Gasteiger partial charge is 0.382 e. The molecule has 0 radical (unpaired) electrons. The lowest BCUT2D eigenvalue weighted by Crippen LogP contribution is -2.21. The van der Waals surface area contributed by atoms with Gasteiger partial charge in [-0.05, 0) is 25.0 Å². The minimum Gasteiger partial charge on any atom is -0.382 e. The van der Waals surface area contributed by atoms with Crippen molar-refractivity contribution >= 4 is 37.6 Å². The SMILES string of the molecule is C[C@H]1COCc2nc3c(N)nc4cc(CCS(C)(=O)=O)ccc4c3n21. The number of nitrogens with two attached hydrogens (primary N) is 1. The van der Waals surface area contributed by atoms with Gasteiger partial charge in [0.1, 0.15) is 27.8 Å². The van der Waals surface area contributed by atoms with Crippen LogP contribution in [0.25, 0.3) is 21.9 Å². The molecule has 0 amide bonds. The standard InChI is InChI=1S/C17H20N4O3S/c1-10-8-24-9-14-20-15-16(21(10)14)12-4-3-11(5-6-25(2,22)23)7-13(12)19-17(15)18/h3-4,7,10H,5-6,8-9H2,1-2H3,(H2,18,19)/t10-/m0/s1. The summed E-state index contributed by atoms with van der Waals surface area (Å²) in [4.78, 5) is 9.10. The van der Waals surface area contributed by atoms with Gasteiger partial charge in [-0.25, -0.2) is 18.4 Å². The molecule has 3 aromatic rings. The van der Waals surface area contributed by atoms with E-state index in [2.05, 4.69) is 21.5 Å². The monoisotopic (exact) mass is 360 g/mol. The number of pyridine rings is 1. The lowest BCUT2D eigenvalue weighted by molar-refractivity contribution is 0.0622.